The van der Waals surface area contributed by atoms with Crippen molar-refractivity contribution in [1.29, 1.82) is 0 Å². The molecule has 1 aliphatic rings. The molecule has 0 radical (unpaired) electrons. The first kappa shape index (κ1) is 16.5. The molecule has 0 aliphatic carbocycles. The quantitative estimate of drug-likeness (QED) is 0.621. The average molecular weight is 289 g/mol. The van der Waals surface area contributed by atoms with Crippen LogP contribution in [-0.2, 0) is 0 Å². The maximum absolute atomic E-state index is 5.96. The van der Waals surface area contributed by atoms with Gasteiger partial charge in [-0.1, -0.05) is 45.0 Å². The zero-order chi connectivity index (χ0) is 15.5. The van der Waals surface area contributed by atoms with Gasteiger partial charge in [0.2, 0.25) is 0 Å². The van der Waals surface area contributed by atoms with Crippen molar-refractivity contribution in [3.05, 3.63) is 35.4 Å². The predicted molar refractivity (Wildman–Crippen MR) is 90.1 cm³/mol. The van der Waals surface area contributed by atoms with Crippen LogP contribution in [-0.4, -0.2) is 23.5 Å². The van der Waals surface area contributed by atoms with E-state index in [1.54, 1.807) is 0 Å². The van der Waals surface area contributed by atoms with E-state index in [4.69, 9.17) is 5.84 Å². The predicted octanol–water partition coefficient (Wildman–Crippen LogP) is 3.58. The van der Waals surface area contributed by atoms with Crippen LogP contribution in [0.15, 0.2) is 24.3 Å². The first-order valence-corrected chi connectivity index (χ1v) is 8.34. The van der Waals surface area contributed by atoms with Gasteiger partial charge in [0.1, 0.15) is 0 Å². The summed E-state index contributed by atoms with van der Waals surface area (Å²) in [6.45, 7) is 11.5. The molecule has 118 valence electrons. The highest BCUT2D eigenvalue weighted by Crippen LogP contribution is 2.36. The Balaban J connectivity index is 2.27. The first-order valence-electron chi connectivity index (χ1n) is 8.34. The molecule has 1 saturated heterocycles. The number of hydrogen-bond acceptors (Lipinski definition) is 3. The van der Waals surface area contributed by atoms with Gasteiger partial charge in [-0.25, -0.2) is 0 Å². The summed E-state index contributed by atoms with van der Waals surface area (Å²) >= 11 is 0. The van der Waals surface area contributed by atoms with E-state index >= 15 is 0 Å². The number of benzene rings is 1. The minimum atomic E-state index is 0.0740. The standard InChI is InChI=1S/C18H31N3/c1-5-18(4,21-12-6-7-13-21)17(20-19)16-10-8-15(9-11-16)14(2)3/h8-11,14,17,20H,5-7,12-13,19H2,1-4H3. The highest BCUT2D eigenvalue weighted by Gasteiger charge is 2.39. The third-order valence-corrected chi connectivity index (χ3v) is 5.27. The lowest BCUT2D eigenvalue weighted by Crippen LogP contribution is -2.54. The van der Waals surface area contributed by atoms with Gasteiger partial charge in [0.25, 0.3) is 0 Å². The number of nitrogens with zero attached hydrogens (tertiary/aromatic N) is 1. The fraction of sp³-hybridized carbons (Fsp3) is 0.667. The Morgan fingerprint density at radius 3 is 2.10 bits per heavy atom. The fourth-order valence-electron chi connectivity index (χ4n) is 3.55. The molecule has 0 spiro atoms. The molecule has 1 heterocycles. The van der Waals surface area contributed by atoms with Crippen LogP contribution < -0.4 is 11.3 Å². The van der Waals surface area contributed by atoms with Crippen molar-refractivity contribution in [3.8, 4) is 0 Å². The number of nitrogens with two attached hydrogens (primary N) is 1. The Bertz CT molecular complexity index is 434. The van der Waals surface area contributed by atoms with Gasteiger partial charge in [-0.15, -0.1) is 0 Å². The lowest BCUT2D eigenvalue weighted by atomic mass is 9.83. The molecule has 3 N–H and O–H groups in total. The Labute approximate surface area is 129 Å². The van der Waals surface area contributed by atoms with Crippen molar-refractivity contribution in [2.24, 2.45) is 5.84 Å². The molecule has 2 rings (SSSR count). The molecule has 3 nitrogen and oxygen atoms in total. The molecular weight excluding hydrogens is 258 g/mol. The van der Waals surface area contributed by atoms with Crippen LogP contribution in [0.2, 0.25) is 0 Å². The maximum atomic E-state index is 5.96. The van der Waals surface area contributed by atoms with Crippen LogP contribution >= 0.6 is 0 Å². The van der Waals surface area contributed by atoms with Crippen molar-refractivity contribution in [3.63, 3.8) is 0 Å². The normalized spacial score (nSPS) is 20.7. The minimum absolute atomic E-state index is 0.0740. The highest BCUT2D eigenvalue weighted by atomic mass is 15.3. The molecule has 2 atom stereocenters. The van der Waals surface area contributed by atoms with E-state index in [0.717, 1.165) is 6.42 Å². The van der Waals surface area contributed by atoms with Gasteiger partial charge in [-0.2, -0.15) is 0 Å². The number of hydrazine groups is 1. The smallest absolute Gasteiger partial charge is 0.0641 e. The monoisotopic (exact) mass is 289 g/mol. The van der Waals surface area contributed by atoms with Crippen molar-refractivity contribution < 1.29 is 0 Å². The van der Waals surface area contributed by atoms with Crippen molar-refractivity contribution >= 4 is 0 Å². The van der Waals surface area contributed by atoms with E-state index in [-0.39, 0.29) is 11.6 Å². The van der Waals surface area contributed by atoms with Crippen LogP contribution in [0.5, 0.6) is 0 Å². The average Bonchev–Trinajstić information content (AvgIpc) is 3.03. The van der Waals surface area contributed by atoms with Gasteiger partial charge in [0.05, 0.1) is 6.04 Å². The van der Waals surface area contributed by atoms with Crippen LogP contribution in [0.3, 0.4) is 0 Å². The summed E-state index contributed by atoms with van der Waals surface area (Å²) in [6, 6.07) is 9.13. The summed E-state index contributed by atoms with van der Waals surface area (Å²) in [5, 5.41) is 0. The number of nitrogens with one attached hydrogen (secondary N) is 1. The molecule has 0 bridgehead atoms. The second-order valence-electron chi connectivity index (χ2n) is 6.83. The summed E-state index contributed by atoms with van der Waals surface area (Å²) < 4.78 is 0. The molecule has 0 saturated carbocycles. The summed E-state index contributed by atoms with van der Waals surface area (Å²) in [5.41, 5.74) is 5.84. The molecule has 1 aromatic rings. The molecule has 3 heteroatoms. The molecule has 1 aromatic carbocycles. The van der Waals surface area contributed by atoms with Crippen LogP contribution in [0.25, 0.3) is 0 Å². The summed E-state index contributed by atoms with van der Waals surface area (Å²) in [6.07, 6.45) is 3.70. The highest BCUT2D eigenvalue weighted by molar-refractivity contribution is 5.29. The number of rotatable bonds is 6. The Kier molecular flexibility index (Phi) is 5.42. The number of hydrogen-bond donors (Lipinski definition) is 2. The van der Waals surface area contributed by atoms with Crippen LogP contribution in [0.1, 0.15) is 70.0 Å². The van der Waals surface area contributed by atoms with E-state index in [9.17, 15) is 0 Å². The topological polar surface area (TPSA) is 41.3 Å². The lowest BCUT2D eigenvalue weighted by molar-refractivity contribution is 0.0840. The summed E-state index contributed by atoms with van der Waals surface area (Å²) in [7, 11) is 0. The second-order valence-corrected chi connectivity index (χ2v) is 6.83. The van der Waals surface area contributed by atoms with Crippen molar-refractivity contribution in [1.82, 2.24) is 10.3 Å². The zero-order valence-corrected chi connectivity index (χ0v) is 14.0. The van der Waals surface area contributed by atoms with Gasteiger partial charge in [-0.05, 0) is 56.3 Å². The van der Waals surface area contributed by atoms with E-state index in [1.807, 2.05) is 0 Å². The van der Waals surface area contributed by atoms with Crippen molar-refractivity contribution in [2.45, 2.75) is 64.5 Å². The zero-order valence-electron chi connectivity index (χ0n) is 14.0. The van der Waals surface area contributed by atoms with E-state index in [0.29, 0.717) is 5.92 Å². The SMILES string of the molecule is CCC(C)(C(NN)c1ccc(C(C)C)cc1)N1CCCC1. The molecule has 0 amide bonds. The van der Waals surface area contributed by atoms with Crippen LogP contribution in [0, 0.1) is 0 Å². The first-order chi connectivity index (χ1) is 10.0. The third-order valence-electron chi connectivity index (χ3n) is 5.27. The lowest BCUT2D eigenvalue weighted by Gasteiger charge is -2.44. The molecule has 1 aliphatic heterocycles. The number of likely N-dealkylation sites (tertiary alicyclic amines) is 1. The van der Waals surface area contributed by atoms with Crippen LogP contribution in [0.4, 0.5) is 0 Å². The Morgan fingerprint density at radius 2 is 1.67 bits per heavy atom. The summed E-state index contributed by atoms with van der Waals surface area (Å²) in [5.74, 6) is 6.52. The van der Waals surface area contributed by atoms with E-state index < -0.39 is 0 Å². The molecule has 0 aromatic heterocycles. The third kappa shape index (κ3) is 3.31. The Hall–Kier alpha value is -0.900. The van der Waals surface area contributed by atoms with E-state index in [2.05, 4.69) is 62.3 Å². The van der Waals surface area contributed by atoms with E-state index in [1.165, 1.54) is 37.1 Å². The molecule has 21 heavy (non-hydrogen) atoms. The largest absolute Gasteiger partial charge is 0.296 e. The van der Waals surface area contributed by atoms with Gasteiger partial charge in [-0.3, -0.25) is 16.2 Å². The fourth-order valence-corrected chi connectivity index (χ4v) is 3.55. The molecule has 2 unspecified atom stereocenters. The minimum Gasteiger partial charge on any atom is -0.296 e. The molecule has 1 fully saturated rings. The van der Waals surface area contributed by atoms with Gasteiger partial charge < -0.3 is 0 Å². The summed E-state index contributed by atoms with van der Waals surface area (Å²) in [4.78, 5) is 2.61. The van der Waals surface area contributed by atoms with Gasteiger partial charge >= 0.3 is 0 Å². The van der Waals surface area contributed by atoms with Crippen molar-refractivity contribution in [2.75, 3.05) is 13.1 Å². The molecular formula is C18H31N3. The Morgan fingerprint density at radius 1 is 1.14 bits per heavy atom. The maximum Gasteiger partial charge on any atom is 0.0641 e. The van der Waals surface area contributed by atoms with Gasteiger partial charge in [0, 0.05) is 5.54 Å². The van der Waals surface area contributed by atoms with Gasteiger partial charge in [0.15, 0.2) is 0 Å². The second kappa shape index (κ2) is 6.91.